The van der Waals surface area contributed by atoms with E-state index in [9.17, 15) is 0 Å². The SMILES string of the molecule is C1=C(N(C2=c3oc4ccccc4c3=CCC2)c2ccccc2)CCC2=C1CCC1=C2c2ccccc2C12c1ccccc1-n1c3ccccc3c3cccc2c31. The van der Waals surface area contributed by atoms with E-state index >= 15 is 0 Å². The number of benzene rings is 6. The first-order valence-electron chi connectivity index (χ1n) is 20.3. The zero-order valence-corrected chi connectivity index (χ0v) is 31.1. The van der Waals surface area contributed by atoms with Gasteiger partial charge in [0.1, 0.15) is 5.58 Å². The van der Waals surface area contributed by atoms with Crippen molar-refractivity contribution in [1.29, 1.82) is 0 Å². The lowest BCUT2D eigenvalue weighted by atomic mass is 9.62. The van der Waals surface area contributed by atoms with Crippen molar-refractivity contribution in [2.75, 3.05) is 4.90 Å². The number of fused-ring (bicyclic) bond motifs is 15. The van der Waals surface area contributed by atoms with Gasteiger partial charge in [0.25, 0.3) is 0 Å². The van der Waals surface area contributed by atoms with Gasteiger partial charge in [-0.1, -0.05) is 121 Å². The average Bonchev–Trinajstić information content (AvgIpc) is 3.91. The van der Waals surface area contributed by atoms with Gasteiger partial charge in [0.2, 0.25) is 0 Å². The largest absolute Gasteiger partial charge is 0.454 e. The highest BCUT2D eigenvalue weighted by atomic mass is 16.3. The number of furan rings is 1. The van der Waals surface area contributed by atoms with Crippen molar-refractivity contribution in [1.82, 2.24) is 4.57 Å². The Morgan fingerprint density at radius 1 is 0.589 bits per heavy atom. The Kier molecular flexibility index (Phi) is 6.16. The number of para-hydroxylation sites is 5. The van der Waals surface area contributed by atoms with Crippen molar-refractivity contribution in [3.05, 3.63) is 207 Å². The minimum Gasteiger partial charge on any atom is -0.454 e. The lowest BCUT2D eigenvalue weighted by molar-refractivity contribution is 0.565. The molecule has 56 heavy (non-hydrogen) atoms. The van der Waals surface area contributed by atoms with Crippen LogP contribution in [0.3, 0.4) is 0 Å². The fourth-order valence-corrected chi connectivity index (χ4v) is 11.5. The third-order valence-corrected chi connectivity index (χ3v) is 13.5. The predicted molar refractivity (Wildman–Crippen MR) is 229 cm³/mol. The van der Waals surface area contributed by atoms with Crippen molar-refractivity contribution in [3.63, 3.8) is 0 Å². The monoisotopic (exact) mass is 718 g/mol. The maximum Gasteiger partial charge on any atom is 0.154 e. The van der Waals surface area contributed by atoms with Crippen molar-refractivity contribution in [2.24, 2.45) is 0 Å². The van der Waals surface area contributed by atoms with Gasteiger partial charge < -0.3 is 13.9 Å². The quantitative estimate of drug-likeness (QED) is 0.181. The molecule has 1 unspecified atom stereocenters. The minimum absolute atomic E-state index is 0.350. The van der Waals surface area contributed by atoms with E-state index in [-0.39, 0.29) is 5.41 Å². The third-order valence-electron chi connectivity index (χ3n) is 13.5. The average molecular weight is 719 g/mol. The molecule has 8 aromatic rings. The summed E-state index contributed by atoms with van der Waals surface area (Å²) in [5.41, 5.74) is 21.2. The molecule has 0 bridgehead atoms. The van der Waals surface area contributed by atoms with Crippen LogP contribution < -0.4 is 15.5 Å². The normalized spacial score (nSPS) is 19.1. The van der Waals surface area contributed by atoms with E-state index in [0.29, 0.717) is 0 Å². The van der Waals surface area contributed by atoms with Gasteiger partial charge in [-0.2, -0.15) is 0 Å². The number of anilines is 1. The van der Waals surface area contributed by atoms with E-state index in [1.165, 1.54) is 94.2 Å². The molecule has 0 fully saturated rings. The Bertz CT molecular complexity index is 3260. The van der Waals surface area contributed by atoms with Gasteiger partial charge in [0.15, 0.2) is 5.42 Å². The number of hydrogen-bond acceptors (Lipinski definition) is 2. The van der Waals surface area contributed by atoms with Crippen molar-refractivity contribution in [3.8, 4) is 5.69 Å². The van der Waals surface area contributed by atoms with Gasteiger partial charge in [0, 0.05) is 32.8 Å². The second-order valence-corrected chi connectivity index (χ2v) is 16.1. The van der Waals surface area contributed by atoms with Gasteiger partial charge in [-0.25, -0.2) is 0 Å². The van der Waals surface area contributed by atoms with Crippen molar-refractivity contribution < 1.29 is 4.42 Å². The molecule has 0 radical (unpaired) electrons. The lowest BCUT2D eigenvalue weighted by Gasteiger charge is -2.42. The number of hydrogen-bond donors (Lipinski definition) is 0. The fourth-order valence-electron chi connectivity index (χ4n) is 11.5. The number of nitrogens with zero attached hydrogens (tertiary/aromatic N) is 2. The Morgan fingerprint density at radius 2 is 1.34 bits per heavy atom. The van der Waals surface area contributed by atoms with Crippen LogP contribution in [0.1, 0.15) is 60.8 Å². The van der Waals surface area contributed by atoms with Crippen LogP contribution >= 0.6 is 0 Å². The minimum atomic E-state index is -0.350. The maximum absolute atomic E-state index is 6.70. The van der Waals surface area contributed by atoms with E-state index in [4.69, 9.17) is 4.42 Å². The van der Waals surface area contributed by atoms with Crippen LogP contribution in [0.5, 0.6) is 0 Å². The molecular weight excluding hydrogens is 681 g/mol. The summed E-state index contributed by atoms with van der Waals surface area (Å²) in [6, 6.07) is 54.1. The molecule has 3 nitrogen and oxygen atoms in total. The molecule has 4 aliphatic carbocycles. The first-order chi connectivity index (χ1) is 27.8. The highest BCUT2D eigenvalue weighted by Crippen LogP contribution is 2.64. The first-order valence-corrected chi connectivity index (χ1v) is 20.3. The van der Waals surface area contributed by atoms with Gasteiger partial charge >= 0.3 is 0 Å². The Balaban J connectivity index is 1.06. The summed E-state index contributed by atoms with van der Waals surface area (Å²) in [7, 11) is 0. The Labute approximate surface area is 325 Å². The highest BCUT2D eigenvalue weighted by Gasteiger charge is 2.53. The van der Waals surface area contributed by atoms with Crippen LogP contribution in [0.4, 0.5) is 5.69 Å². The fraction of sp³-hybridized carbons (Fsp3) is 0.132. The van der Waals surface area contributed by atoms with E-state index < -0.39 is 0 Å². The predicted octanol–water partition coefficient (Wildman–Crippen LogP) is 11.6. The van der Waals surface area contributed by atoms with E-state index in [1.54, 1.807) is 5.57 Å². The molecule has 2 aromatic heterocycles. The van der Waals surface area contributed by atoms with Crippen LogP contribution in [0.25, 0.3) is 55.8 Å². The van der Waals surface area contributed by atoms with Crippen molar-refractivity contribution >= 4 is 55.8 Å². The second-order valence-electron chi connectivity index (χ2n) is 16.1. The summed E-state index contributed by atoms with van der Waals surface area (Å²) in [6.07, 6.45) is 10.9. The summed E-state index contributed by atoms with van der Waals surface area (Å²) in [5, 5.41) is 5.10. The van der Waals surface area contributed by atoms with Crippen LogP contribution in [0.2, 0.25) is 0 Å². The smallest absolute Gasteiger partial charge is 0.154 e. The van der Waals surface area contributed by atoms with E-state index in [1.807, 2.05) is 0 Å². The molecule has 13 rings (SSSR count). The number of allylic oxidation sites excluding steroid dienone is 6. The molecule has 3 heteroatoms. The van der Waals surface area contributed by atoms with Gasteiger partial charge in [0.05, 0.1) is 27.8 Å². The molecule has 6 aromatic carbocycles. The topological polar surface area (TPSA) is 21.3 Å². The second kappa shape index (κ2) is 11.2. The van der Waals surface area contributed by atoms with Gasteiger partial charge in [-0.15, -0.1) is 0 Å². The standard InChI is InChI=1S/C53H38N2O/c1-2-14-34(15-3-1)54(48-26-13-20-40-38-17-6-11-27-49(38)56-52(40)48)35-29-30-36-33(32-35)28-31-44-50(36)41-18-4-7-21-42(41)53(44)43-22-8-10-25-47(43)55-46-24-9-5-16-37(46)39-19-12-23-45(53)51(39)55/h1-12,14-25,27,32H,13,26,28-31H2. The summed E-state index contributed by atoms with van der Waals surface area (Å²) in [4.78, 5) is 2.54. The van der Waals surface area contributed by atoms with Crippen LogP contribution in [-0.4, -0.2) is 4.57 Å². The first kappa shape index (κ1) is 30.7. The summed E-state index contributed by atoms with van der Waals surface area (Å²) in [6.45, 7) is 0. The molecule has 1 aliphatic heterocycles. The molecule has 0 amide bonds. The van der Waals surface area contributed by atoms with Crippen molar-refractivity contribution in [2.45, 2.75) is 43.9 Å². The molecule has 3 heterocycles. The van der Waals surface area contributed by atoms with Crippen LogP contribution in [0.15, 0.2) is 179 Å². The summed E-state index contributed by atoms with van der Waals surface area (Å²) < 4.78 is 9.25. The molecule has 0 saturated carbocycles. The van der Waals surface area contributed by atoms with E-state index in [0.717, 1.165) is 49.5 Å². The Hall–Kier alpha value is -6.58. The lowest BCUT2D eigenvalue weighted by Crippen LogP contribution is -2.36. The summed E-state index contributed by atoms with van der Waals surface area (Å²) in [5.74, 6) is 0. The van der Waals surface area contributed by atoms with Crippen LogP contribution in [-0.2, 0) is 5.41 Å². The molecule has 266 valence electrons. The molecule has 1 atom stereocenters. The molecule has 0 saturated heterocycles. The molecule has 0 N–H and O–H groups in total. The Morgan fingerprint density at radius 3 is 2.27 bits per heavy atom. The summed E-state index contributed by atoms with van der Waals surface area (Å²) >= 11 is 0. The molecule has 5 aliphatic rings. The molecular formula is C53H38N2O. The van der Waals surface area contributed by atoms with Crippen LogP contribution in [0, 0.1) is 0 Å². The van der Waals surface area contributed by atoms with Gasteiger partial charge in [-0.3, -0.25) is 0 Å². The number of rotatable bonds is 3. The molecule has 1 spiro atoms. The van der Waals surface area contributed by atoms with E-state index in [2.05, 4.69) is 167 Å². The zero-order chi connectivity index (χ0) is 36.5. The van der Waals surface area contributed by atoms with Gasteiger partial charge in [-0.05, 0) is 119 Å². The number of aromatic nitrogens is 1. The highest BCUT2D eigenvalue weighted by molar-refractivity contribution is 6.13. The third kappa shape index (κ3) is 3.83. The maximum atomic E-state index is 6.70. The zero-order valence-electron chi connectivity index (χ0n) is 31.1.